The van der Waals surface area contributed by atoms with E-state index in [-0.39, 0.29) is 34.1 Å². The number of hydrogen-bond donors (Lipinski definition) is 3. The summed E-state index contributed by atoms with van der Waals surface area (Å²) >= 11 is 27.7. The third-order valence-electron chi connectivity index (χ3n) is 15.4. The number of hydrogen-bond acceptors (Lipinski definition) is 18. The second-order valence-corrected chi connectivity index (χ2v) is 30.8. The average Bonchev–Trinajstić information content (AvgIpc) is 1.39. The Bertz CT molecular complexity index is 4820. The van der Waals surface area contributed by atoms with Crippen LogP contribution in [0.5, 0.6) is 5.75 Å². The minimum atomic E-state index is -0.347. The number of carbonyl (C=O) groups is 3. The molecule has 26 heteroatoms. The van der Waals surface area contributed by atoms with Crippen LogP contribution in [0.15, 0.2) is 244 Å². The molecule has 0 saturated carbocycles. The molecule has 0 atom stereocenters. The van der Waals surface area contributed by atoms with Gasteiger partial charge in [-0.25, -0.2) is 0 Å². The number of aromatic hydroxyl groups is 1. The highest BCUT2D eigenvalue weighted by Gasteiger charge is 2.34. The van der Waals surface area contributed by atoms with Crippen molar-refractivity contribution in [3.63, 3.8) is 0 Å². The first-order valence-corrected chi connectivity index (χ1v) is 37.4. The number of rotatable bonds is 12. The van der Waals surface area contributed by atoms with Crippen LogP contribution in [0.1, 0.15) is 48.9 Å². The number of nitro groups is 1. The summed E-state index contributed by atoms with van der Waals surface area (Å²) in [6.45, 7) is 7.20. The van der Waals surface area contributed by atoms with Crippen LogP contribution in [0.3, 0.4) is 0 Å². The topological polar surface area (TPSA) is 203 Å². The molecule has 5 heterocycles. The Balaban J connectivity index is 0.000000137. The number of phenolic OH excluding ortho intramolecular Hbond substituents is 1. The zero-order chi connectivity index (χ0) is 71.7. The van der Waals surface area contributed by atoms with E-state index >= 15 is 0 Å². The lowest BCUT2D eigenvalue weighted by Crippen LogP contribution is -2.48. The minimum absolute atomic E-state index is 0.107. The Hall–Kier alpha value is -8.70. The van der Waals surface area contributed by atoms with Crippen LogP contribution in [-0.4, -0.2) is 98.0 Å². The highest BCUT2D eigenvalue weighted by Crippen LogP contribution is 2.41. The number of piperazine rings is 1. The van der Waals surface area contributed by atoms with Gasteiger partial charge in [0.1, 0.15) is 15.1 Å². The number of benzene rings is 8. The molecular weight excluding hydrogens is 1630 g/mol. The van der Waals surface area contributed by atoms with E-state index in [9.17, 15) is 29.6 Å². The molecule has 1 aliphatic carbocycles. The minimum Gasteiger partial charge on any atom is -0.505 e. The third kappa shape index (κ3) is 20.8. The van der Waals surface area contributed by atoms with Crippen molar-refractivity contribution in [1.29, 1.82) is 0 Å². The second kappa shape index (κ2) is 35.8. The van der Waals surface area contributed by atoms with Gasteiger partial charge < -0.3 is 34.9 Å². The number of carbonyl (C=O) groups excluding carboxylic acids is 3. The maximum atomic E-state index is 12.5. The molecular formula is C75H62Br4N10O7S5. The third-order valence-corrected chi connectivity index (χ3v) is 20.8. The Morgan fingerprint density at radius 1 is 0.733 bits per heavy atom. The molecule has 3 aliphatic heterocycles. The number of non-ortho nitro benzene ring substituents is 1. The summed E-state index contributed by atoms with van der Waals surface area (Å²) in [7, 11) is 4.02. The van der Waals surface area contributed by atoms with Crippen LogP contribution >= 0.6 is 123 Å². The Labute approximate surface area is 641 Å². The summed E-state index contributed by atoms with van der Waals surface area (Å²) < 4.78 is 9.50. The number of nitro benzene ring substituents is 1. The number of thioether (sulfide) groups is 2. The van der Waals surface area contributed by atoms with E-state index in [0.717, 1.165) is 101 Å². The number of furan rings is 1. The molecule has 2 aromatic heterocycles. The van der Waals surface area contributed by atoms with Crippen molar-refractivity contribution in [2.75, 3.05) is 60.3 Å². The number of phenols is 1. The first-order valence-electron chi connectivity index (χ1n) is 31.0. The molecule has 14 rings (SSSR count). The van der Waals surface area contributed by atoms with Gasteiger partial charge in [0.05, 0.1) is 48.1 Å². The second-order valence-electron chi connectivity index (χ2n) is 22.6. The van der Waals surface area contributed by atoms with E-state index in [4.69, 9.17) is 28.9 Å². The summed E-state index contributed by atoms with van der Waals surface area (Å²) in [6.07, 6.45) is 11.4. The Morgan fingerprint density at radius 2 is 1.43 bits per heavy atom. The number of nitrogens with zero attached hydrogens (tertiary/aromatic N) is 8. The fraction of sp³-hybridized carbons (Fsp3) is 0.120. The number of para-hydroxylation sites is 1. The maximum Gasteiger partial charge on any atom is 0.270 e. The fourth-order valence-corrected chi connectivity index (χ4v) is 15.2. The zero-order valence-corrected chi connectivity index (χ0v) is 64.9. The molecule has 0 unspecified atom stereocenters. The van der Waals surface area contributed by atoms with E-state index < -0.39 is 0 Å². The predicted octanol–water partition coefficient (Wildman–Crippen LogP) is 19.7. The quantitative estimate of drug-likeness (QED) is 0.0260. The monoisotopic (exact) mass is 1690 g/mol. The van der Waals surface area contributed by atoms with Crippen molar-refractivity contribution in [3.8, 4) is 16.9 Å². The number of allylic oxidation sites excluding steroid dienone is 2. The molecule has 3 fully saturated rings. The van der Waals surface area contributed by atoms with Crippen LogP contribution in [0, 0.1) is 24.0 Å². The zero-order valence-electron chi connectivity index (χ0n) is 54.4. The lowest BCUT2D eigenvalue weighted by molar-refractivity contribution is -0.384. The molecule has 4 aliphatic rings. The van der Waals surface area contributed by atoms with Gasteiger partial charge >= 0.3 is 0 Å². The van der Waals surface area contributed by atoms with Crippen molar-refractivity contribution in [2.45, 2.75) is 20.3 Å². The van der Waals surface area contributed by atoms with Crippen molar-refractivity contribution in [2.24, 2.45) is 4.99 Å². The van der Waals surface area contributed by atoms with E-state index in [2.05, 4.69) is 155 Å². The number of anilines is 5. The highest BCUT2D eigenvalue weighted by molar-refractivity contribution is 9.11. The molecule has 0 spiro atoms. The predicted molar refractivity (Wildman–Crippen MR) is 435 cm³/mol. The van der Waals surface area contributed by atoms with Crippen LogP contribution in [0.25, 0.3) is 23.3 Å². The van der Waals surface area contributed by atoms with E-state index in [1.165, 1.54) is 51.0 Å². The first-order chi connectivity index (χ1) is 48.6. The normalized spacial score (nSPS) is 14.5. The van der Waals surface area contributed by atoms with Gasteiger partial charge in [-0.3, -0.25) is 34.4 Å². The molecule has 3 amide bonds. The van der Waals surface area contributed by atoms with Gasteiger partial charge in [0.2, 0.25) is 5.13 Å². The maximum absolute atomic E-state index is 12.5. The summed E-state index contributed by atoms with van der Waals surface area (Å²) in [6, 6.07) is 60.1. The van der Waals surface area contributed by atoms with E-state index in [1.54, 1.807) is 54.8 Å². The summed E-state index contributed by atoms with van der Waals surface area (Å²) in [5.41, 5.74) is 13.3. The van der Waals surface area contributed by atoms with Crippen LogP contribution in [0.2, 0.25) is 0 Å². The molecule has 3 saturated heterocycles. The number of halogens is 4. The smallest absolute Gasteiger partial charge is 0.270 e. The average molecular weight is 1700 g/mol. The van der Waals surface area contributed by atoms with Crippen molar-refractivity contribution < 1.29 is 28.8 Å². The Morgan fingerprint density at radius 3 is 2.08 bits per heavy atom. The number of amides is 3. The van der Waals surface area contributed by atoms with Gasteiger partial charge in [-0.05, 0) is 189 Å². The van der Waals surface area contributed by atoms with Crippen molar-refractivity contribution >= 4 is 207 Å². The van der Waals surface area contributed by atoms with Gasteiger partial charge in [-0.1, -0.05) is 188 Å². The lowest BCUT2D eigenvalue weighted by atomic mass is 10.1. The standard InChI is InChI=1S/C21H16N2O2.C17H17BrN2O.C14H8BrNO2S2.C14H14N2OS2.C9H7Br2N3OS/c1-14-2-4-15(5-3-14)13-22-18-6-8-20-16(11-18)10-17-12-19(23(24)25)7-9-21(17)20;18-16-9-5-4-8-15(16)17(21)20-12-10-19(11-13-20)14-6-2-1-3-7-14;15-9-3-1-4-10(7-9)16-13(17)12(20-14(16)19)8-11-5-2-6-18-11;1-16(2)11-8-6-10(7-9-11)4-3-5-12-13(17)15-14(18)19-12;1-4-13-14-9(16-4)12-7-3-5(10)2-6(11)8(7)15/h2-9,11-13H,10H2,1H3;1-9H,10-13H2;1-8H;3-9H,1-2H3,(H,15,17,18);2-3,15H,1H3,(H,12,14)/b;;12-8-;4-3+,12-5+;. The molecule has 17 nitrogen and oxygen atoms in total. The number of aryl methyl sites for hydroxylation is 2. The molecule has 8 aromatic carbocycles. The lowest BCUT2D eigenvalue weighted by Gasteiger charge is -2.36. The van der Waals surface area contributed by atoms with Gasteiger partial charge in [0.25, 0.3) is 23.4 Å². The van der Waals surface area contributed by atoms with E-state index in [1.807, 2.05) is 147 Å². The molecule has 0 bridgehead atoms. The van der Waals surface area contributed by atoms with Crippen LogP contribution in [-0.2, 0) is 16.0 Å². The van der Waals surface area contributed by atoms with Crippen molar-refractivity contribution in [3.05, 3.63) is 288 Å². The van der Waals surface area contributed by atoms with Crippen LogP contribution in [0.4, 0.5) is 39.3 Å². The number of aromatic nitrogens is 2. The fourth-order valence-electron chi connectivity index (χ4n) is 10.3. The van der Waals surface area contributed by atoms with Gasteiger partial charge in [0, 0.05) is 89.5 Å². The number of fused-ring (bicyclic) bond motifs is 3. The van der Waals surface area contributed by atoms with Gasteiger partial charge in [0.15, 0.2) is 10.1 Å². The Kier molecular flexibility index (Phi) is 26.5. The molecule has 3 N–H and O–H groups in total. The van der Waals surface area contributed by atoms with Gasteiger partial charge in [-0.2, -0.15) is 0 Å². The molecule has 0 radical (unpaired) electrons. The number of aliphatic imine (C=N–C) groups is 1. The number of nitrogens with one attached hydrogen (secondary N) is 2. The van der Waals surface area contributed by atoms with Gasteiger partial charge in [-0.15, -0.1) is 10.2 Å². The highest BCUT2D eigenvalue weighted by atomic mass is 79.9. The van der Waals surface area contributed by atoms with E-state index in [0.29, 0.717) is 45.9 Å². The first kappa shape index (κ1) is 75.0. The summed E-state index contributed by atoms with van der Waals surface area (Å²) in [5.74, 6) is 0.642. The van der Waals surface area contributed by atoms with Crippen molar-refractivity contribution in [1.82, 2.24) is 20.4 Å². The largest absolute Gasteiger partial charge is 0.505 e. The summed E-state index contributed by atoms with van der Waals surface area (Å²) in [4.78, 5) is 60.6. The molecule has 512 valence electrons. The van der Waals surface area contributed by atoms with Crippen LogP contribution < -0.4 is 25.3 Å². The summed E-state index contributed by atoms with van der Waals surface area (Å²) in [5, 5.41) is 35.7. The molecule has 10 aromatic rings. The SMILES string of the molecule is CN(C)c1ccc(/C=C/C=C2/SC(=S)NC2=O)cc1.Cc1ccc(C=Nc2ccc3c(c2)Cc2cc([N+](=O)[O-])ccc2-3)cc1.Cc1nnc(Nc2cc(Br)cc(Br)c2O)s1.O=C(c1ccccc1Br)N1CCN(c2ccccc2)CC1.O=C1/C(=C/c2ccco2)SC(=S)N1c1cccc(Br)c1. The number of thiocarbonyl (C=S) groups is 2. The molecule has 101 heavy (non-hydrogen) atoms.